The second kappa shape index (κ2) is 38.0. The molecule has 0 bridgehead atoms. The molecule has 0 aromatic heterocycles. The van der Waals surface area contributed by atoms with E-state index in [9.17, 15) is 0 Å². The van der Waals surface area contributed by atoms with Crippen LogP contribution < -0.4 is 0 Å². The molecule has 0 aromatic rings. The van der Waals surface area contributed by atoms with E-state index in [0.29, 0.717) is 0 Å². The SMILES string of the molecule is C=CC=CC=CC=CC=CC=CC=CC=CC=CC=CC=CC=CC=CC=CC=CC=CC=CC=CCCCC.[Cu]. The van der Waals surface area contributed by atoms with E-state index in [2.05, 4.69) is 31.7 Å². The summed E-state index contributed by atoms with van der Waals surface area (Å²) in [5, 5.41) is 0. The zero-order valence-electron chi connectivity index (χ0n) is 24.3. The zero-order valence-corrected chi connectivity index (χ0v) is 25.3. The Morgan fingerprint density at radius 1 is 0.317 bits per heavy atom. The molecule has 0 atom stereocenters. The minimum atomic E-state index is 0. The first-order valence-corrected chi connectivity index (χ1v) is 13.9. The molecule has 0 saturated carbocycles. The molecular formula is C40H46Cu. The van der Waals surface area contributed by atoms with Crippen molar-refractivity contribution in [3.63, 3.8) is 0 Å². The van der Waals surface area contributed by atoms with Gasteiger partial charge in [0, 0.05) is 17.1 Å². The van der Waals surface area contributed by atoms with E-state index in [1.54, 1.807) is 6.08 Å². The number of rotatable bonds is 20. The fourth-order valence-electron chi connectivity index (χ4n) is 2.56. The molecule has 1 radical (unpaired) electrons. The van der Waals surface area contributed by atoms with Crippen molar-refractivity contribution in [1.29, 1.82) is 0 Å². The Morgan fingerprint density at radius 3 is 0.707 bits per heavy atom. The molecular weight excluding hydrogens is 544 g/mol. The summed E-state index contributed by atoms with van der Waals surface area (Å²) in [4.78, 5) is 0. The Kier molecular flexibility index (Phi) is 36.1. The van der Waals surface area contributed by atoms with E-state index in [0.717, 1.165) is 6.42 Å². The molecule has 0 aromatic carbocycles. The van der Waals surface area contributed by atoms with Crippen LogP contribution in [0.5, 0.6) is 0 Å². The third kappa shape index (κ3) is 38.1. The van der Waals surface area contributed by atoms with Crippen LogP contribution in [-0.4, -0.2) is 0 Å². The van der Waals surface area contributed by atoms with Gasteiger partial charge in [-0.15, -0.1) is 0 Å². The molecule has 0 spiro atoms. The molecule has 217 valence electrons. The first kappa shape index (κ1) is 39.0. The molecule has 1 heteroatoms. The standard InChI is InChI=1S/C40H46.Cu/c1-3-5-7-9-11-13-15-17-19-21-23-25-27-29-31-33-35-37-39-40-38-36-34-32-30-28-26-24-22-20-18-16-14-12-10-8-6-4-2;/h3,5,7,9-40H,1,4,6,8H2,2H3;. The molecule has 0 fully saturated rings. The van der Waals surface area contributed by atoms with Crippen LogP contribution >= 0.6 is 0 Å². The van der Waals surface area contributed by atoms with Crippen LogP contribution in [0, 0.1) is 0 Å². The van der Waals surface area contributed by atoms with Crippen LogP contribution in [0.1, 0.15) is 26.2 Å². The topological polar surface area (TPSA) is 0 Å². The van der Waals surface area contributed by atoms with Crippen molar-refractivity contribution in [3.05, 3.63) is 219 Å². The van der Waals surface area contributed by atoms with Crippen molar-refractivity contribution in [3.8, 4) is 0 Å². The van der Waals surface area contributed by atoms with Crippen molar-refractivity contribution < 1.29 is 17.1 Å². The Hall–Kier alpha value is -4.16. The summed E-state index contributed by atoms with van der Waals surface area (Å²) in [6.07, 6.45) is 73.7. The Bertz CT molecular complexity index is 1120. The van der Waals surface area contributed by atoms with Crippen molar-refractivity contribution in [2.45, 2.75) is 26.2 Å². The summed E-state index contributed by atoms with van der Waals surface area (Å²) in [6.45, 7) is 5.83. The molecule has 0 rings (SSSR count). The summed E-state index contributed by atoms with van der Waals surface area (Å²) in [7, 11) is 0. The maximum Gasteiger partial charge on any atom is 0 e. The summed E-state index contributed by atoms with van der Waals surface area (Å²) in [6, 6.07) is 0. The molecule has 0 N–H and O–H groups in total. The van der Waals surface area contributed by atoms with E-state index < -0.39 is 0 Å². The fraction of sp³-hybridized carbons (Fsp3) is 0.100. The van der Waals surface area contributed by atoms with Gasteiger partial charge < -0.3 is 0 Å². The summed E-state index contributed by atoms with van der Waals surface area (Å²) in [5.74, 6) is 0. The van der Waals surface area contributed by atoms with E-state index in [1.165, 1.54) is 12.8 Å². The molecule has 0 unspecified atom stereocenters. The van der Waals surface area contributed by atoms with Gasteiger partial charge in [-0.3, -0.25) is 0 Å². The minimum Gasteiger partial charge on any atom is -0.0991 e. The van der Waals surface area contributed by atoms with Gasteiger partial charge >= 0.3 is 0 Å². The maximum absolute atomic E-state index is 3.62. The second-order valence-corrected chi connectivity index (χ2v) is 7.96. The van der Waals surface area contributed by atoms with Crippen LogP contribution in [0.15, 0.2) is 219 Å². The van der Waals surface area contributed by atoms with Gasteiger partial charge in [0.15, 0.2) is 0 Å². The maximum atomic E-state index is 3.62. The normalized spacial score (nSPS) is 14.5. The van der Waals surface area contributed by atoms with E-state index in [1.807, 2.05) is 188 Å². The van der Waals surface area contributed by atoms with Crippen LogP contribution in [-0.2, 0) is 17.1 Å². The van der Waals surface area contributed by atoms with Gasteiger partial charge in [-0.05, 0) is 6.42 Å². The van der Waals surface area contributed by atoms with Gasteiger partial charge in [0.1, 0.15) is 0 Å². The van der Waals surface area contributed by atoms with Crippen molar-refractivity contribution in [2.75, 3.05) is 0 Å². The average molecular weight is 590 g/mol. The molecule has 0 amide bonds. The van der Waals surface area contributed by atoms with Crippen LogP contribution in [0.3, 0.4) is 0 Å². The molecule has 0 aliphatic heterocycles. The van der Waals surface area contributed by atoms with E-state index in [4.69, 9.17) is 0 Å². The smallest absolute Gasteiger partial charge is 0 e. The van der Waals surface area contributed by atoms with E-state index >= 15 is 0 Å². The predicted molar refractivity (Wildman–Crippen MR) is 185 cm³/mol. The monoisotopic (exact) mass is 589 g/mol. The third-order valence-electron chi connectivity index (χ3n) is 4.55. The number of hydrogen-bond donors (Lipinski definition) is 0. The summed E-state index contributed by atoms with van der Waals surface area (Å²) in [5.41, 5.74) is 0. The molecule has 0 heterocycles. The molecule has 0 nitrogen and oxygen atoms in total. The van der Waals surface area contributed by atoms with Gasteiger partial charge in [0.2, 0.25) is 0 Å². The molecule has 41 heavy (non-hydrogen) atoms. The fourth-order valence-corrected chi connectivity index (χ4v) is 2.56. The Morgan fingerprint density at radius 2 is 0.512 bits per heavy atom. The minimum absolute atomic E-state index is 0. The molecule has 0 saturated heterocycles. The van der Waals surface area contributed by atoms with Gasteiger partial charge in [-0.1, -0.05) is 239 Å². The van der Waals surface area contributed by atoms with Crippen molar-refractivity contribution in [1.82, 2.24) is 0 Å². The van der Waals surface area contributed by atoms with Gasteiger partial charge in [-0.2, -0.15) is 0 Å². The first-order chi connectivity index (χ1) is 19.9. The van der Waals surface area contributed by atoms with Gasteiger partial charge in [0.25, 0.3) is 0 Å². The number of unbranched alkanes of at least 4 members (excludes halogenated alkanes) is 2. The summed E-state index contributed by atoms with van der Waals surface area (Å²) >= 11 is 0. The van der Waals surface area contributed by atoms with Crippen molar-refractivity contribution in [2.24, 2.45) is 0 Å². The van der Waals surface area contributed by atoms with Crippen LogP contribution in [0.2, 0.25) is 0 Å². The molecule has 0 aliphatic rings. The predicted octanol–water partition coefficient (Wildman–Crippen LogP) is 11.8. The van der Waals surface area contributed by atoms with E-state index in [-0.39, 0.29) is 17.1 Å². The van der Waals surface area contributed by atoms with Gasteiger partial charge in [-0.25, -0.2) is 0 Å². The zero-order chi connectivity index (χ0) is 28.9. The summed E-state index contributed by atoms with van der Waals surface area (Å²) < 4.78 is 0. The number of hydrogen-bond acceptors (Lipinski definition) is 0. The van der Waals surface area contributed by atoms with Crippen molar-refractivity contribution >= 4 is 0 Å². The number of allylic oxidation sites excluding steroid dienone is 35. The van der Waals surface area contributed by atoms with Gasteiger partial charge in [0.05, 0.1) is 0 Å². The Balaban J connectivity index is 0. The first-order valence-electron chi connectivity index (χ1n) is 13.9. The van der Waals surface area contributed by atoms with Crippen LogP contribution in [0.25, 0.3) is 0 Å². The second-order valence-electron chi connectivity index (χ2n) is 7.96. The quantitative estimate of drug-likeness (QED) is 0.0752. The largest absolute Gasteiger partial charge is 0.0991 e. The average Bonchev–Trinajstić information content (AvgIpc) is 2.97. The van der Waals surface area contributed by atoms with Crippen LogP contribution in [0.4, 0.5) is 0 Å². The Labute approximate surface area is 261 Å². The third-order valence-corrected chi connectivity index (χ3v) is 4.55. The molecule has 0 aliphatic carbocycles.